The fourth-order valence-corrected chi connectivity index (χ4v) is 2.04. The Morgan fingerprint density at radius 1 is 0.778 bits per heavy atom. The van der Waals surface area contributed by atoms with Crippen molar-refractivity contribution in [2.45, 2.75) is 67.2 Å². The molecule has 0 heterocycles. The summed E-state index contributed by atoms with van der Waals surface area (Å²) in [5.41, 5.74) is 0. The van der Waals surface area contributed by atoms with E-state index in [9.17, 15) is 0 Å². The molecule has 1 radical (unpaired) electrons. The van der Waals surface area contributed by atoms with E-state index in [1.54, 1.807) is 0 Å². The van der Waals surface area contributed by atoms with E-state index >= 15 is 0 Å². The van der Waals surface area contributed by atoms with Gasteiger partial charge in [-0.2, -0.15) is 12.5 Å². The van der Waals surface area contributed by atoms with E-state index in [1.165, 1.54) is 19.4 Å². The van der Waals surface area contributed by atoms with Gasteiger partial charge in [-0.25, -0.2) is 0 Å². The summed E-state index contributed by atoms with van der Waals surface area (Å²) in [6, 6.07) is 0. The van der Waals surface area contributed by atoms with E-state index in [0.29, 0.717) is 30.3 Å². The van der Waals surface area contributed by atoms with Crippen molar-refractivity contribution in [3.05, 3.63) is 13.5 Å². The van der Waals surface area contributed by atoms with Crippen LogP contribution >= 0.6 is 0 Å². The van der Waals surface area contributed by atoms with Gasteiger partial charge < -0.3 is 26.2 Å². The molecule has 0 bridgehead atoms. The van der Waals surface area contributed by atoms with Crippen LogP contribution in [0, 0.1) is 37.2 Å². The summed E-state index contributed by atoms with van der Waals surface area (Å²) in [5, 5.41) is 8.20. The van der Waals surface area contributed by atoms with Gasteiger partial charge in [0.15, 0.2) is 0 Å². The van der Waals surface area contributed by atoms with Crippen molar-refractivity contribution in [1.82, 2.24) is 0 Å². The third kappa shape index (κ3) is 34.8. The van der Waals surface area contributed by atoms with Crippen molar-refractivity contribution in [2.24, 2.45) is 23.7 Å². The SMILES string of the molecule is CC(C)CO[CH-]CO.[CH2-]C(CCCOCC(C)C)CCCOCC(C)C.[Y]. The fourth-order valence-electron chi connectivity index (χ4n) is 2.04. The molecule has 0 saturated heterocycles. The molecule has 4 nitrogen and oxygen atoms in total. The molecule has 0 saturated carbocycles. The standard InChI is InChI=1S/C16H33O2.C6H13O2.Y/c1-14(2)12-17-10-6-8-16(5)9-7-11-18-13-15(3)4;1-6(2)5-8-4-3-7;/h14-16H,5-13H2,1-4H3;4,6-7H,3,5H2,1-2H3;/q2*-1;. The Hall–Kier alpha value is 0.944. The molecule has 0 unspecified atom stereocenters. The predicted octanol–water partition coefficient (Wildman–Crippen LogP) is 5.15. The first-order valence-corrected chi connectivity index (χ1v) is 10.3. The quantitative estimate of drug-likeness (QED) is 0.254. The third-order valence-electron chi connectivity index (χ3n) is 3.33. The molecule has 27 heavy (non-hydrogen) atoms. The Balaban J connectivity index is -0.000000542. The van der Waals surface area contributed by atoms with E-state index in [1.807, 2.05) is 0 Å². The van der Waals surface area contributed by atoms with Crippen LogP contribution in [0.4, 0.5) is 0 Å². The molecule has 0 rings (SSSR count). The monoisotopic (exact) mass is 463 g/mol. The van der Waals surface area contributed by atoms with E-state index < -0.39 is 0 Å². The smallest absolute Gasteiger partial charge is 0.0488 e. The van der Waals surface area contributed by atoms with Gasteiger partial charge in [-0.15, -0.1) is 0 Å². The molecule has 0 aromatic rings. The molecule has 0 aliphatic carbocycles. The number of rotatable bonds is 16. The van der Waals surface area contributed by atoms with Crippen LogP contribution in [0.15, 0.2) is 0 Å². The van der Waals surface area contributed by atoms with Gasteiger partial charge in [0.1, 0.15) is 0 Å². The Labute approximate surface area is 195 Å². The van der Waals surface area contributed by atoms with Gasteiger partial charge in [-0.3, -0.25) is 0 Å². The topological polar surface area (TPSA) is 47.9 Å². The summed E-state index contributed by atoms with van der Waals surface area (Å²) in [7, 11) is 0. The predicted molar refractivity (Wildman–Crippen MR) is 111 cm³/mol. The van der Waals surface area contributed by atoms with Gasteiger partial charge in [-0.05, 0) is 30.6 Å². The second-order valence-corrected chi connectivity index (χ2v) is 8.16. The van der Waals surface area contributed by atoms with Crippen molar-refractivity contribution in [1.29, 1.82) is 0 Å². The van der Waals surface area contributed by atoms with Crippen molar-refractivity contribution in [3.63, 3.8) is 0 Å². The molecule has 0 spiro atoms. The maximum absolute atomic E-state index is 8.20. The summed E-state index contributed by atoms with van der Waals surface area (Å²) in [5.74, 6) is 2.37. The summed E-state index contributed by atoms with van der Waals surface area (Å²) < 4.78 is 16.0. The normalized spacial score (nSPS) is 11.1. The number of aliphatic hydroxyl groups excluding tert-OH is 1. The molecule has 0 amide bonds. The van der Waals surface area contributed by atoms with Crippen molar-refractivity contribution in [2.75, 3.05) is 39.6 Å². The first kappa shape index (κ1) is 32.6. The van der Waals surface area contributed by atoms with E-state index in [2.05, 4.69) is 48.5 Å². The maximum Gasteiger partial charge on any atom is 0.0488 e. The fraction of sp³-hybridized carbons (Fsp3) is 0.909. The van der Waals surface area contributed by atoms with Gasteiger partial charge >= 0.3 is 0 Å². The zero-order valence-corrected chi connectivity index (χ0v) is 21.8. The van der Waals surface area contributed by atoms with Crippen LogP contribution in [0.1, 0.15) is 67.2 Å². The van der Waals surface area contributed by atoms with E-state index in [4.69, 9.17) is 19.3 Å². The van der Waals surface area contributed by atoms with Crippen LogP contribution in [0.2, 0.25) is 0 Å². The van der Waals surface area contributed by atoms with E-state index in [0.717, 1.165) is 39.3 Å². The second-order valence-electron chi connectivity index (χ2n) is 8.16. The van der Waals surface area contributed by atoms with Crippen LogP contribution in [0.5, 0.6) is 0 Å². The average molecular weight is 464 g/mol. The van der Waals surface area contributed by atoms with Crippen LogP contribution in [-0.2, 0) is 46.9 Å². The van der Waals surface area contributed by atoms with Crippen LogP contribution in [-0.4, -0.2) is 44.7 Å². The Bertz CT molecular complexity index is 243. The van der Waals surface area contributed by atoms with E-state index in [-0.39, 0.29) is 39.3 Å². The van der Waals surface area contributed by atoms with Gasteiger partial charge in [-0.1, -0.05) is 61.0 Å². The zero-order chi connectivity index (χ0) is 20.2. The third-order valence-corrected chi connectivity index (χ3v) is 3.33. The number of ether oxygens (including phenoxy) is 3. The van der Waals surface area contributed by atoms with Crippen molar-refractivity contribution in [3.8, 4) is 0 Å². The molecule has 5 heteroatoms. The summed E-state index contributed by atoms with van der Waals surface area (Å²) in [6.45, 7) is 22.7. The first-order chi connectivity index (χ1) is 12.3. The zero-order valence-electron chi connectivity index (χ0n) is 18.9. The van der Waals surface area contributed by atoms with Gasteiger partial charge in [0, 0.05) is 65.7 Å². The molecule has 0 aromatic carbocycles. The van der Waals surface area contributed by atoms with Gasteiger partial charge in [0.25, 0.3) is 0 Å². The summed E-state index contributed by atoms with van der Waals surface area (Å²) >= 11 is 0. The van der Waals surface area contributed by atoms with Gasteiger partial charge in [0.2, 0.25) is 0 Å². The minimum Gasteiger partial charge on any atom is -0.550 e. The van der Waals surface area contributed by atoms with Crippen LogP contribution < -0.4 is 0 Å². The number of aliphatic hydroxyl groups is 1. The van der Waals surface area contributed by atoms with Crippen LogP contribution in [0.25, 0.3) is 0 Å². The Kier molecular flexibility index (Phi) is 30.2. The molecule has 1 N–H and O–H groups in total. The number of hydrogen-bond donors (Lipinski definition) is 1. The average Bonchev–Trinajstić information content (AvgIpc) is 2.54. The van der Waals surface area contributed by atoms with Crippen molar-refractivity contribution < 1.29 is 52.0 Å². The molecular weight excluding hydrogens is 417 g/mol. The first-order valence-electron chi connectivity index (χ1n) is 10.3. The maximum atomic E-state index is 8.20. The minimum absolute atomic E-state index is 0. The molecule has 0 fully saturated rings. The molecule has 163 valence electrons. The second kappa shape index (κ2) is 25.0. The molecule has 0 aromatic heterocycles. The van der Waals surface area contributed by atoms with Gasteiger partial charge in [0.05, 0.1) is 0 Å². The Morgan fingerprint density at radius 3 is 1.52 bits per heavy atom. The largest absolute Gasteiger partial charge is 0.550 e. The van der Waals surface area contributed by atoms with Crippen LogP contribution in [0.3, 0.4) is 0 Å². The number of hydrogen-bond acceptors (Lipinski definition) is 4. The summed E-state index contributed by atoms with van der Waals surface area (Å²) in [6.07, 6.45) is 4.60. The Morgan fingerprint density at radius 2 is 1.19 bits per heavy atom. The van der Waals surface area contributed by atoms with Crippen molar-refractivity contribution >= 4 is 0 Å². The summed E-state index contributed by atoms with van der Waals surface area (Å²) in [4.78, 5) is 0. The molecule has 0 aliphatic rings. The minimum atomic E-state index is 0. The molecule has 0 atom stereocenters. The molecule has 0 aliphatic heterocycles. The molecular formula is C22H46O4Y-2.